The van der Waals surface area contributed by atoms with Crippen molar-refractivity contribution in [2.45, 2.75) is 11.8 Å². The summed E-state index contributed by atoms with van der Waals surface area (Å²) in [5.41, 5.74) is 2.67. The Balaban J connectivity index is 1.63. The van der Waals surface area contributed by atoms with Gasteiger partial charge in [0.25, 0.3) is 0 Å². The molecule has 1 fully saturated rings. The molecule has 3 nitrogen and oxygen atoms in total. The zero-order valence-electron chi connectivity index (χ0n) is 16.2. The van der Waals surface area contributed by atoms with Crippen LogP contribution in [0.4, 0.5) is 5.69 Å². The number of hydrogen-bond donors (Lipinski definition) is 0. The van der Waals surface area contributed by atoms with Crippen LogP contribution in [0.25, 0.3) is 0 Å². The third-order valence-electron chi connectivity index (χ3n) is 6.15. The molecule has 3 aromatic carbocycles. The molecule has 3 aromatic rings. The Morgan fingerprint density at radius 2 is 1.03 bits per heavy atom. The molecule has 0 bridgehead atoms. The molecule has 0 unspecified atom stereocenters. The molecule has 2 aliphatic rings. The van der Waals surface area contributed by atoms with Gasteiger partial charge in [0.1, 0.15) is 0 Å². The number of halogens is 1. The topological polar surface area (TPSA) is 37.4 Å². The summed E-state index contributed by atoms with van der Waals surface area (Å²) >= 11 is 6.02. The lowest BCUT2D eigenvalue weighted by Crippen LogP contribution is -2.31. The van der Waals surface area contributed by atoms with Crippen molar-refractivity contribution < 1.29 is 9.59 Å². The van der Waals surface area contributed by atoms with Crippen LogP contribution in [-0.4, -0.2) is 11.8 Å². The second-order valence-electron chi connectivity index (χ2n) is 7.80. The molecule has 4 heteroatoms. The van der Waals surface area contributed by atoms with E-state index in [1.807, 2.05) is 60.7 Å². The van der Waals surface area contributed by atoms with E-state index in [2.05, 4.69) is 12.2 Å². The normalized spacial score (nSPS) is 25.4. The number of carbonyl (C=O) groups is 2. The number of benzene rings is 3. The van der Waals surface area contributed by atoms with E-state index in [0.29, 0.717) is 10.7 Å². The lowest BCUT2D eigenvalue weighted by Gasteiger charge is -2.32. The Hall–Kier alpha value is -3.17. The largest absolute Gasteiger partial charge is 0.274 e. The fourth-order valence-corrected chi connectivity index (χ4v) is 4.90. The van der Waals surface area contributed by atoms with E-state index in [0.717, 1.165) is 11.1 Å². The maximum absolute atomic E-state index is 13.6. The fraction of sp³-hybridized carbons (Fsp3) is 0.154. The van der Waals surface area contributed by atoms with Crippen molar-refractivity contribution in [1.29, 1.82) is 0 Å². The summed E-state index contributed by atoms with van der Waals surface area (Å²) in [5.74, 6) is -1.44. The fourth-order valence-electron chi connectivity index (χ4n) is 4.78. The van der Waals surface area contributed by atoms with E-state index in [1.165, 1.54) is 4.90 Å². The van der Waals surface area contributed by atoms with Crippen LogP contribution in [-0.2, 0) is 9.59 Å². The number of allylic oxidation sites excluding steroid dienone is 2. The van der Waals surface area contributed by atoms with E-state index in [9.17, 15) is 9.59 Å². The van der Waals surface area contributed by atoms with E-state index >= 15 is 0 Å². The van der Waals surface area contributed by atoms with Crippen molar-refractivity contribution >= 4 is 29.1 Å². The molecule has 1 saturated heterocycles. The number of rotatable bonds is 3. The monoisotopic (exact) mass is 413 g/mol. The van der Waals surface area contributed by atoms with Crippen LogP contribution in [0.5, 0.6) is 0 Å². The molecule has 148 valence electrons. The molecular formula is C26H20ClNO2. The van der Waals surface area contributed by atoms with Crippen molar-refractivity contribution in [2.24, 2.45) is 11.8 Å². The summed E-state index contributed by atoms with van der Waals surface area (Å²) in [5, 5.41) is 0.571. The van der Waals surface area contributed by atoms with Gasteiger partial charge in [0, 0.05) is 16.9 Å². The number of amides is 2. The lowest BCUT2D eigenvalue weighted by atomic mass is 9.68. The van der Waals surface area contributed by atoms with Crippen LogP contribution in [0.1, 0.15) is 23.0 Å². The summed E-state index contributed by atoms with van der Waals surface area (Å²) in [6, 6.07) is 26.8. The van der Waals surface area contributed by atoms with Gasteiger partial charge >= 0.3 is 0 Å². The van der Waals surface area contributed by atoms with Crippen molar-refractivity contribution in [3.63, 3.8) is 0 Å². The molecule has 30 heavy (non-hydrogen) atoms. The maximum atomic E-state index is 13.6. The van der Waals surface area contributed by atoms with E-state index in [1.54, 1.807) is 24.3 Å². The van der Waals surface area contributed by atoms with Crippen molar-refractivity contribution in [3.8, 4) is 0 Å². The molecule has 0 spiro atoms. The zero-order valence-corrected chi connectivity index (χ0v) is 16.9. The third kappa shape index (κ3) is 3.06. The average molecular weight is 414 g/mol. The average Bonchev–Trinajstić information content (AvgIpc) is 3.06. The van der Waals surface area contributed by atoms with Gasteiger partial charge in [-0.25, -0.2) is 4.90 Å². The first kappa shape index (κ1) is 18.8. The number of nitrogens with zero attached hydrogens (tertiary/aromatic N) is 1. The van der Waals surface area contributed by atoms with Gasteiger partial charge in [-0.05, 0) is 35.4 Å². The second-order valence-corrected chi connectivity index (χ2v) is 8.23. The highest BCUT2D eigenvalue weighted by Crippen LogP contribution is 2.50. The second kappa shape index (κ2) is 7.58. The van der Waals surface area contributed by atoms with Gasteiger partial charge in [-0.15, -0.1) is 0 Å². The summed E-state index contributed by atoms with van der Waals surface area (Å²) in [6.07, 6.45) is 4.20. The Morgan fingerprint density at radius 1 is 0.600 bits per heavy atom. The highest BCUT2D eigenvalue weighted by Gasteiger charge is 2.55. The first-order valence-electron chi connectivity index (χ1n) is 10.1. The Kier molecular flexibility index (Phi) is 4.76. The lowest BCUT2D eigenvalue weighted by molar-refractivity contribution is -0.122. The molecule has 0 saturated carbocycles. The van der Waals surface area contributed by atoms with Crippen LogP contribution in [0.2, 0.25) is 5.02 Å². The highest BCUT2D eigenvalue weighted by molar-refractivity contribution is 6.30. The predicted molar refractivity (Wildman–Crippen MR) is 118 cm³/mol. The number of anilines is 1. The number of hydrogen-bond acceptors (Lipinski definition) is 2. The van der Waals surface area contributed by atoms with Gasteiger partial charge in [-0.2, -0.15) is 0 Å². The van der Waals surface area contributed by atoms with E-state index < -0.39 is 11.8 Å². The zero-order chi connectivity index (χ0) is 20.7. The minimum Gasteiger partial charge on any atom is -0.274 e. The van der Waals surface area contributed by atoms with Crippen LogP contribution in [0.3, 0.4) is 0 Å². The molecule has 1 heterocycles. The highest BCUT2D eigenvalue weighted by atomic mass is 35.5. The van der Waals surface area contributed by atoms with Gasteiger partial charge in [0.2, 0.25) is 11.8 Å². The molecule has 1 aliphatic heterocycles. The first-order chi connectivity index (χ1) is 14.6. The predicted octanol–water partition coefficient (Wildman–Crippen LogP) is 5.58. The Morgan fingerprint density at radius 3 is 1.47 bits per heavy atom. The Bertz CT molecular complexity index is 1040. The van der Waals surface area contributed by atoms with Crippen LogP contribution in [0.15, 0.2) is 97.1 Å². The van der Waals surface area contributed by atoms with Crippen molar-refractivity contribution in [2.75, 3.05) is 4.90 Å². The van der Waals surface area contributed by atoms with E-state index in [4.69, 9.17) is 11.6 Å². The van der Waals surface area contributed by atoms with Gasteiger partial charge in [0.15, 0.2) is 0 Å². The smallest absolute Gasteiger partial charge is 0.238 e. The minimum absolute atomic E-state index is 0.134. The van der Waals surface area contributed by atoms with Gasteiger partial charge in [0.05, 0.1) is 17.5 Å². The molecule has 0 N–H and O–H groups in total. The SMILES string of the molecule is O=C1[C@H]2[C@H](C(=O)N1c1ccc(Cl)cc1)[C@H](c1ccccc1)C=C[C@H]2c1ccccc1. The van der Waals surface area contributed by atoms with Gasteiger partial charge < -0.3 is 0 Å². The van der Waals surface area contributed by atoms with E-state index in [-0.39, 0.29) is 23.7 Å². The summed E-state index contributed by atoms with van der Waals surface area (Å²) in [7, 11) is 0. The summed E-state index contributed by atoms with van der Waals surface area (Å²) < 4.78 is 0. The number of fused-ring (bicyclic) bond motifs is 1. The minimum atomic E-state index is -0.439. The molecular weight excluding hydrogens is 394 g/mol. The molecule has 4 atom stereocenters. The molecule has 0 aromatic heterocycles. The number of carbonyl (C=O) groups excluding carboxylic acids is 2. The number of imide groups is 1. The molecule has 5 rings (SSSR count). The van der Waals surface area contributed by atoms with Crippen LogP contribution >= 0.6 is 11.6 Å². The molecule has 0 radical (unpaired) electrons. The standard InChI is InChI=1S/C26H20ClNO2/c27-19-11-13-20(14-12-19)28-25(29)23-21(17-7-3-1-4-8-17)15-16-22(24(23)26(28)30)18-9-5-2-6-10-18/h1-16,21-24H/t21-,22-,23+,24+/m0/s1. The van der Waals surface area contributed by atoms with Crippen molar-refractivity contribution in [1.82, 2.24) is 0 Å². The summed E-state index contributed by atoms with van der Waals surface area (Å²) in [6.45, 7) is 0. The third-order valence-corrected chi connectivity index (χ3v) is 6.40. The van der Waals surface area contributed by atoms with Gasteiger partial charge in [-0.3, -0.25) is 9.59 Å². The first-order valence-corrected chi connectivity index (χ1v) is 10.4. The van der Waals surface area contributed by atoms with Crippen LogP contribution < -0.4 is 4.90 Å². The Labute approximate surface area is 180 Å². The molecule has 2 amide bonds. The molecule has 1 aliphatic carbocycles. The maximum Gasteiger partial charge on any atom is 0.238 e. The van der Waals surface area contributed by atoms with Crippen molar-refractivity contribution in [3.05, 3.63) is 113 Å². The summed E-state index contributed by atoms with van der Waals surface area (Å²) in [4.78, 5) is 28.6. The quantitative estimate of drug-likeness (QED) is 0.415. The van der Waals surface area contributed by atoms with Gasteiger partial charge in [-0.1, -0.05) is 84.4 Å². The van der Waals surface area contributed by atoms with Crippen LogP contribution in [0, 0.1) is 11.8 Å².